The van der Waals surface area contributed by atoms with Crippen LogP contribution < -0.4 is 27.0 Å². The second kappa shape index (κ2) is 14.1. The van der Waals surface area contributed by atoms with E-state index in [1.54, 1.807) is 0 Å². The first kappa shape index (κ1) is 34.8. The number of carbonyl (C=O) groups excluding carboxylic acids is 2. The average molecular weight is 625 g/mol. The number of nitrogens with two attached hydrogens (primary N) is 1. The zero-order valence-electron chi connectivity index (χ0n) is 28.7. The summed E-state index contributed by atoms with van der Waals surface area (Å²) in [5.74, 6) is 3.07. The molecular weight excluding hydrogens is 564 g/mol. The summed E-state index contributed by atoms with van der Waals surface area (Å²) < 4.78 is 5.88. The Bertz CT molecular complexity index is 1150. The number of piperidine rings is 1. The number of nitrogens with one attached hydrogen (secondary N) is 4. The minimum Gasteiger partial charge on any atom is -0.478 e. The number of carbonyl (C=O) groups is 2. The number of likely N-dealkylation sites (tertiary alicyclic amines) is 1. The number of nitrogens with zero attached hydrogens (tertiary/aromatic N) is 1. The van der Waals surface area contributed by atoms with E-state index in [-0.39, 0.29) is 41.5 Å². The number of ether oxygens (including phenoxy) is 1. The van der Waals surface area contributed by atoms with Gasteiger partial charge in [-0.3, -0.25) is 4.79 Å². The molecule has 5 unspecified atom stereocenters. The van der Waals surface area contributed by atoms with Crippen LogP contribution in [0.25, 0.3) is 0 Å². The molecule has 1 saturated heterocycles. The van der Waals surface area contributed by atoms with E-state index >= 15 is 0 Å². The van der Waals surface area contributed by atoms with Crippen molar-refractivity contribution in [1.29, 1.82) is 0 Å². The highest BCUT2D eigenvalue weighted by molar-refractivity contribution is 5.92. The molecule has 252 valence electrons. The molecule has 1 aliphatic heterocycles. The van der Waals surface area contributed by atoms with Crippen molar-refractivity contribution in [3.63, 3.8) is 0 Å². The monoisotopic (exact) mass is 624 g/mol. The highest BCUT2D eigenvalue weighted by atomic mass is 16.5. The van der Waals surface area contributed by atoms with Gasteiger partial charge in [0.1, 0.15) is 6.61 Å². The molecule has 0 bridgehead atoms. The molecule has 9 heteroatoms. The van der Waals surface area contributed by atoms with Crippen molar-refractivity contribution in [2.45, 2.75) is 104 Å². The third-order valence-corrected chi connectivity index (χ3v) is 10.7. The lowest BCUT2D eigenvalue weighted by Crippen LogP contribution is -2.56. The SMILES string of the molecule is C=C(NCC1CC1)OCC(NC(=O)NC(C(=C)N1C[C@@H]2C(C)[C@@H]2C1C(=C)NC(CC1CCC1)C(=C)C(N)=O)C(C)(C)C)C(C)C. The highest BCUT2D eigenvalue weighted by Crippen LogP contribution is 2.57. The molecule has 4 fully saturated rings. The van der Waals surface area contributed by atoms with Gasteiger partial charge in [-0.05, 0) is 66.8 Å². The van der Waals surface area contributed by atoms with Crippen LogP contribution in [0.15, 0.2) is 49.2 Å². The molecule has 0 radical (unpaired) electrons. The van der Waals surface area contributed by atoms with Crippen molar-refractivity contribution >= 4 is 11.9 Å². The van der Waals surface area contributed by atoms with Crippen LogP contribution in [0.2, 0.25) is 0 Å². The maximum atomic E-state index is 13.5. The van der Waals surface area contributed by atoms with Crippen LogP contribution in [-0.4, -0.2) is 60.7 Å². The fraction of sp³-hybridized carbons (Fsp3) is 0.722. The van der Waals surface area contributed by atoms with Crippen LogP contribution in [0.4, 0.5) is 4.79 Å². The van der Waals surface area contributed by atoms with Gasteiger partial charge in [-0.1, -0.05) is 80.5 Å². The molecule has 9 nitrogen and oxygen atoms in total. The van der Waals surface area contributed by atoms with E-state index in [2.05, 4.69) is 94.0 Å². The number of rotatable bonds is 18. The molecule has 3 saturated carbocycles. The molecule has 1 heterocycles. The predicted molar refractivity (Wildman–Crippen MR) is 181 cm³/mol. The van der Waals surface area contributed by atoms with Gasteiger partial charge < -0.3 is 36.6 Å². The Hall–Kier alpha value is -3.10. The standard InChI is InChI=1S/C36H60N6O3/c1-20(2)30(19-45-25(7)38-17-27-14-15-27)40-35(44)41-33(36(8,9)10)24(6)42-18-28-21(3)31(28)32(42)23(5)39-29(22(4)34(37)43)16-26-12-11-13-26/h20-21,26-33,38-39H,4-7,11-19H2,1-3,8-10H3,(H2,37,43)(H2,40,41,44)/t21?,28-,29?,30?,31+,32?,33?/m1/s1. The van der Waals surface area contributed by atoms with Crippen molar-refractivity contribution in [3.8, 4) is 0 Å². The van der Waals surface area contributed by atoms with Gasteiger partial charge in [-0.25, -0.2) is 4.79 Å². The van der Waals surface area contributed by atoms with Crippen molar-refractivity contribution in [3.05, 3.63) is 49.2 Å². The first-order valence-corrected chi connectivity index (χ1v) is 17.1. The average Bonchev–Trinajstić information content (AvgIpc) is 3.83. The van der Waals surface area contributed by atoms with E-state index in [1.807, 2.05) is 0 Å². The van der Waals surface area contributed by atoms with Crippen LogP contribution in [0.1, 0.15) is 80.1 Å². The molecule has 4 rings (SSSR count). The van der Waals surface area contributed by atoms with Gasteiger partial charge in [-0.2, -0.15) is 0 Å². The van der Waals surface area contributed by atoms with E-state index in [0.717, 1.165) is 36.8 Å². The Morgan fingerprint density at radius 2 is 1.67 bits per heavy atom. The number of hydrogen-bond acceptors (Lipinski definition) is 6. The minimum absolute atomic E-state index is 0.00254. The molecule has 45 heavy (non-hydrogen) atoms. The quantitative estimate of drug-likeness (QED) is 0.108. The lowest BCUT2D eigenvalue weighted by Gasteiger charge is -2.42. The third-order valence-electron chi connectivity index (χ3n) is 10.7. The number of hydrogen-bond donors (Lipinski definition) is 5. The van der Waals surface area contributed by atoms with Crippen molar-refractivity contribution in [1.82, 2.24) is 26.2 Å². The molecule has 4 aliphatic rings. The summed E-state index contributed by atoms with van der Waals surface area (Å²) in [6, 6.07) is -1.000. The van der Waals surface area contributed by atoms with Crippen LogP contribution in [0.3, 0.4) is 0 Å². The molecule has 3 aliphatic carbocycles. The van der Waals surface area contributed by atoms with Crippen LogP contribution in [0, 0.1) is 40.9 Å². The van der Waals surface area contributed by atoms with Gasteiger partial charge in [0, 0.05) is 30.1 Å². The summed E-state index contributed by atoms with van der Waals surface area (Å²) in [7, 11) is 0. The topological polar surface area (TPSA) is 121 Å². The van der Waals surface area contributed by atoms with E-state index in [4.69, 9.17) is 10.5 Å². The van der Waals surface area contributed by atoms with Crippen molar-refractivity contribution < 1.29 is 14.3 Å². The molecule has 7 atom stereocenters. The molecule has 6 N–H and O–H groups in total. The number of primary amides is 1. The smallest absolute Gasteiger partial charge is 0.315 e. The van der Waals surface area contributed by atoms with Gasteiger partial charge in [-0.15, -0.1) is 0 Å². The lowest BCUT2D eigenvalue weighted by molar-refractivity contribution is -0.114. The summed E-state index contributed by atoms with van der Waals surface area (Å²) in [5, 5.41) is 13.3. The number of urea groups is 1. The lowest BCUT2D eigenvalue weighted by atomic mass is 9.79. The van der Waals surface area contributed by atoms with Crippen molar-refractivity contribution in [2.75, 3.05) is 19.7 Å². The third kappa shape index (κ3) is 8.79. The summed E-state index contributed by atoms with van der Waals surface area (Å²) in [5.41, 5.74) is 7.52. The van der Waals surface area contributed by atoms with Gasteiger partial charge in [0.15, 0.2) is 5.88 Å². The Kier molecular flexibility index (Phi) is 10.9. The van der Waals surface area contributed by atoms with Crippen LogP contribution >= 0.6 is 0 Å². The Morgan fingerprint density at radius 1 is 1.00 bits per heavy atom. The second-order valence-electron chi connectivity index (χ2n) is 15.7. The summed E-state index contributed by atoms with van der Waals surface area (Å²) in [6.45, 7) is 32.0. The van der Waals surface area contributed by atoms with Gasteiger partial charge in [0.05, 0.1) is 24.2 Å². The first-order chi connectivity index (χ1) is 21.1. The first-order valence-electron chi connectivity index (χ1n) is 17.1. The van der Waals surface area contributed by atoms with Crippen LogP contribution in [-0.2, 0) is 9.53 Å². The molecule has 0 aromatic rings. The molecule has 0 spiro atoms. The predicted octanol–water partition coefficient (Wildman–Crippen LogP) is 5.00. The van der Waals surface area contributed by atoms with E-state index in [1.165, 1.54) is 32.1 Å². The Morgan fingerprint density at radius 3 is 2.20 bits per heavy atom. The van der Waals surface area contributed by atoms with E-state index in [9.17, 15) is 9.59 Å². The highest BCUT2D eigenvalue weighted by Gasteiger charge is 2.60. The Balaban J connectivity index is 1.41. The summed E-state index contributed by atoms with van der Waals surface area (Å²) in [4.78, 5) is 28.0. The normalized spacial score (nSPS) is 26.1. The van der Waals surface area contributed by atoms with Crippen molar-refractivity contribution in [2.24, 2.45) is 46.7 Å². The molecule has 3 amide bonds. The second-order valence-corrected chi connectivity index (χ2v) is 15.7. The van der Waals surface area contributed by atoms with Crippen LogP contribution in [0.5, 0.6) is 0 Å². The Labute approximate surface area is 271 Å². The molecule has 0 aromatic carbocycles. The van der Waals surface area contributed by atoms with Gasteiger partial charge >= 0.3 is 6.03 Å². The maximum absolute atomic E-state index is 13.5. The summed E-state index contributed by atoms with van der Waals surface area (Å²) >= 11 is 0. The zero-order chi connectivity index (χ0) is 33.2. The fourth-order valence-corrected chi connectivity index (χ4v) is 7.01. The minimum atomic E-state index is -0.475. The molecule has 0 aromatic heterocycles. The van der Waals surface area contributed by atoms with E-state index < -0.39 is 5.91 Å². The largest absolute Gasteiger partial charge is 0.478 e. The maximum Gasteiger partial charge on any atom is 0.315 e. The molecular formula is C36H60N6O3. The number of fused-ring (bicyclic) bond motifs is 1. The van der Waals surface area contributed by atoms with E-state index in [0.29, 0.717) is 41.7 Å². The van der Waals surface area contributed by atoms with Gasteiger partial charge in [0.2, 0.25) is 5.91 Å². The fourth-order valence-electron chi connectivity index (χ4n) is 7.01. The summed E-state index contributed by atoms with van der Waals surface area (Å²) in [6.07, 6.45) is 6.90. The zero-order valence-corrected chi connectivity index (χ0v) is 28.7. The van der Waals surface area contributed by atoms with Gasteiger partial charge in [0.25, 0.3) is 0 Å². The number of amides is 3.